The molecule has 0 heterocycles. The number of ether oxygens (including phenoxy) is 1. The molecule has 0 atom stereocenters. The molecule has 2 N–H and O–H groups in total. The Balaban J connectivity index is 3.71. The standard InChI is InChI=1S/C7H12O4/c1-2-3-7(10)11-6(4-8)5-9/h2-3,6,8-9H,4-5H2,1H3/b3-2+. The molecule has 0 amide bonds. The van der Waals surface area contributed by atoms with Crippen LogP contribution in [-0.4, -0.2) is 35.5 Å². The Morgan fingerprint density at radius 1 is 1.55 bits per heavy atom. The van der Waals surface area contributed by atoms with E-state index in [1.165, 1.54) is 12.2 Å². The zero-order chi connectivity index (χ0) is 8.69. The summed E-state index contributed by atoms with van der Waals surface area (Å²) in [6.45, 7) is 0.952. The highest BCUT2D eigenvalue weighted by Crippen LogP contribution is 1.91. The van der Waals surface area contributed by atoms with Crippen LogP contribution in [-0.2, 0) is 9.53 Å². The summed E-state index contributed by atoms with van der Waals surface area (Å²) in [5.74, 6) is -0.555. The van der Waals surface area contributed by atoms with Crippen molar-refractivity contribution in [2.75, 3.05) is 13.2 Å². The predicted molar refractivity (Wildman–Crippen MR) is 38.9 cm³/mol. The number of aliphatic hydroxyl groups excluding tert-OH is 2. The Labute approximate surface area is 65.1 Å². The second kappa shape index (κ2) is 5.88. The van der Waals surface area contributed by atoms with E-state index in [1.807, 2.05) is 0 Å². The maximum Gasteiger partial charge on any atom is 0.330 e. The molecule has 0 saturated heterocycles. The van der Waals surface area contributed by atoms with E-state index in [4.69, 9.17) is 10.2 Å². The van der Waals surface area contributed by atoms with E-state index in [0.29, 0.717) is 0 Å². The lowest BCUT2D eigenvalue weighted by Crippen LogP contribution is -2.24. The molecule has 0 aliphatic heterocycles. The van der Waals surface area contributed by atoms with Gasteiger partial charge in [-0.2, -0.15) is 0 Å². The largest absolute Gasteiger partial charge is 0.454 e. The summed E-state index contributed by atoms with van der Waals surface area (Å²) in [6, 6.07) is 0. The van der Waals surface area contributed by atoms with Gasteiger partial charge in [-0.25, -0.2) is 4.79 Å². The van der Waals surface area contributed by atoms with Gasteiger partial charge in [0.1, 0.15) is 6.10 Å². The molecule has 0 aliphatic rings. The summed E-state index contributed by atoms with van der Waals surface area (Å²) in [5, 5.41) is 17.0. The third kappa shape index (κ3) is 4.52. The van der Waals surface area contributed by atoms with Crippen LogP contribution in [0, 0.1) is 0 Å². The average molecular weight is 160 g/mol. The van der Waals surface area contributed by atoms with Crippen molar-refractivity contribution in [3.8, 4) is 0 Å². The van der Waals surface area contributed by atoms with Crippen LogP contribution < -0.4 is 0 Å². The van der Waals surface area contributed by atoms with Gasteiger partial charge in [-0.3, -0.25) is 0 Å². The number of rotatable bonds is 4. The second-order valence-corrected chi connectivity index (χ2v) is 1.92. The van der Waals surface area contributed by atoms with Gasteiger partial charge in [-0.15, -0.1) is 0 Å². The van der Waals surface area contributed by atoms with Crippen molar-refractivity contribution in [2.45, 2.75) is 13.0 Å². The van der Waals surface area contributed by atoms with Gasteiger partial charge in [0.25, 0.3) is 0 Å². The highest BCUT2D eigenvalue weighted by molar-refractivity contribution is 5.81. The second-order valence-electron chi connectivity index (χ2n) is 1.92. The van der Waals surface area contributed by atoms with E-state index >= 15 is 0 Å². The molecule has 64 valence electrons. The first-order valence-corrected chi connectivity index (χ1v) is 3.29. The SMILES string of the molecule is C/C=C/C(=O)OC(CO)CO. The van der Waals surface area contributed by atoms with Crippen LogP contribution in [0.2, 0.25) is 0 Å². The Morgan fingerprint density at radius 2 is 2.09 bits per heavy atom. The van der Waals surface area contributed by atoms with Crippen molar-refractivity contribution in [1.82, 2.24) is 0 Å². The minimum atomic E-state index is -0.807. The lowest BCUT2D eigenvalue weighted by molar-refractivity contribution is -0.147. The van der Waals surface area contributed by atoms with E-state index < -0.39 is 12.1 Å². The van der Waals surface area contributed by atoms with Gasteiger partial charge in [0, 0.05) is 6.08 Å². The van der Waals surface area contributed by atoms with Gasteiger partial charge in [-0.1, -0.05) is 6.08 Å². The summed E-state index contributed by atoms with van der Waals surface area (Å²) in [7, 11) is 0. The highest BCUT2D eigenvalue weighted by Gasteiger charge is 2.08. The molecule has 0 rings (SSSR count). The zero-order valence-electron chi connectivity index (χ0n) is 6.36. The van der Waals surface area contributed by atoms with E-state index in [2.05, 4.69) is 4.74 Å². The van der Waals surface area contributed by atoms with Crippen LogP contribution >= 0.6 is 0 Å². The maximum atomic E-state index is 10.6. The molecule has 0 spiro atoms. The van der Waals surface area contributed by atoms with Gasteiger partial charge < -0.3 is 14.9 Å². The third-order valence-electron chi connectivity index (χ3n) is 0.993. The molecule has 0 aromatic heterocycles. The zero-order valence-corrected chi connectivity index (χ0v) is 6.36. The highest BCUT2D eigenvalue weighted by atomic mass is 16.6. The van der Waals surface area contributed by atoms with E-state index in [9.17, 15) is 4.79 Å². The molecule has 11 heavy (non-hydrogen) atoms. The van der Waals surface area contributed by atoms with Gasteiger partial charge in [0.05, 0.1) is 13.2 Å². The van der Waals surface area contributed by atoms with Gasteiger partial charge in [-0.05, 0) is 6.92 Å². The monoisotopic (exact) mass is 160 g/mol. The van der Waals surface area contributed by atoms with Crippen LogP contribution in [0.25, 0.3) is 0 Å². The number of aliphatic hydroxyl groups is 2. The summed E-state index contributed by atoms with van der Waals surface area (Å²) in [6.07, 6.45) is 1.94. The number of hydrogen-bond acceptors (Lipinski definition) is 4. The lowest BCUT2D eigenvalue weighted by atomic mass is 10.4. The Morgan fingerprint density at radius 3 is 2.45 bits per heavy atom. The normalized spacial score (nSPS) is 10.9. The first-order chi connectivity index (χ1) is 5.24. The number of allylic oxidation sites excluding steroid dienone is 1. The molecule has 0 bridgehead atoms. The Kier molecular flexibility index (Phi) is 5.42. The van der Waals surface area contributed by atoms with Crippen molar-refractivity contribution in [2.24, 2.45) is 0 Å². The molecule has 0 aliphatic carbocycles. The molecule has 0 radical (unpaired) electrons. The average Bonchev–Trinajstić information content (AvgIpc) is 2.01. The van der Waals surface area contributed by atoms with Gasteiger partial charge >= 0.3 is 5.97 Å². The minimum Gasteiger partial charge on any atom is -0.454 e. The fraction of sp³-hybridized carbons (Fsp3) is 0.571. The topological polar surface area (TPSA) is 66.8 Å². The van der Waals surface area contributed by atoms with Crippen LogP contribution in [0.3, 0.4) is 0 Å². The molecule has 0 fully saturated rings. The molecule has 0 aromatic carbocycles. The summed E-state index contributed by atoms with van der Waals surface area (Å²) < 4.78 is 4.56. The van der Waals surface area contributed by atoms with Crippen LogP contribution in [0.1, 0.15) is 6.92 Å². The van der Waals surface area contributed by atoms with Crippen molar-refractivity contribution < 1.29 is 19.7 Å². The maximum absolute atomic E-state index is 10.6. The molecular weight excluding hydrogens is 148 g/mol. The summed E-state index contributed by atoms with van der Waals surface area (Å²) >= 11 is 0. The minimum absolute atomic E-state index is 0.361. The molecule has 0 saturated carbocycles. The van der Waals surface area contributed by atoms with Crippen molar-refractivity contribution in [3.63, 3.8) is 0 Å². The molecule has 0 unspecified atom stereocenters. The van der Waals surface area contributed by atoms with Crippen LogP contribution in [0.15, 0.2) is 12.2 Å². The molecule has 4 nitrogen and oxygen atoms in total. The van der Waals surface area contributed by atoms with Gasteiger partial charge in [0.2, 0.25) is 0 Å². The van der Waals surface area contributed by atoms with Crippen LogP contribution in [0.4, 0.5) is 0 Å². The van der Waals surface area contributed by atoms with Crippen molar-refractivity contribution >= 4 is 5.97 Å². The number of hydrogen-bond donors (Lipinski definition) is 2. The van der Waals surface area contributed by atoms with E-state index in [0.717, 1.165) is 0 Å². The Bertz CT molecular complexity index is 137. The molecule has 4 heteroatoms. The van der Waals surface area contributed by atoms with E-state index in [1.54, 1.807) is 6.92 Å². The van der Waals surface area contributed by atoms with Crippen molar-refractivity contribution in [3.05, 3.63) is 12.2 Å². The van der Waals surface area contributed by atoms with Crippen LogP contribution in [0.5, 0.6) is 0 Å². The number of carbonyl (C=O) groups is 1. The van der Waals surface area contributed by atoms with Gasteiger partial charge in [0.15, 0.2) is 0 Å². The first kappa shape index (κ1) is 10.1. The lowest BCUT2D eigenvalue weighted by Gasteiger charge is -2.09. The summed E-state index contributed by atoms with van der Waals surface area (Å²) in [5.41, 5.74) is 0. The fourth-order valence-corrected chi connectivity index (χ4v) is 0.472. The Hall–Kier alpha value is -0.870. The number of carbonyl (C=O) groups excluding carboxylic acids is 1. The quantitative estimate of drug-likeness (QED) is 0.428. The molecular formula is C7H12O4. The van der Waals surface area contributed by atoms with Crippen molar-refractivity contribution in [1.29, 1.82) is 0 Å². The molecule has 0 aromatic rings. The third-order valence-corrected chi connectivity index (χ3v) is 0.993. The first-order valence-electron chi connectivity index (χ1n) is 3.29. The summed E-state index contributed by atoms with van der Waals surface area (Å²) in [4.78, 5) is 10.6. The van der Waals surface area contributed by atoms with E-state index in [-0.39, 0.29) is 13.2 Å². The predicted octanol–water partition coefficient (Wildman–Crippen LogP) is -0.541. The smallest absolute Gasteiger partial charge is 0.330 e. The fourth-order valence-electron chi connectivity index (χ4n) is 0.472. The number of esters is 1.